The van der Waals surface area contributed by atoms with E-state index in [0.717, 1.165) is 11.4 Å². The van der Waals surface area contributed by atoms with Crippen molar-refractivity contribution in [3.05, 3.63) is 30.9 Å². The summed E-state index contributed by atoms with van der Waals surface area (Å²) in [4.78, 5) is 0.615. The van der Waals surface area contributed by atoms with Gasteiger partial charge in [0.2, 0.25) is 0 Å². The fourth-order valence-corrected chi connectivity index (χ4v) is 1.11. The van der Waals surface area contributed by atoms with E-state index in [4.69, 9.17) is 17.0 Å². The highest BCUT2D eigenvalue weighted by molar-refractivity contribution is 7.80. The van der Waals surface area contributed by atoms with Crippen LogP contribution in [0.15, 0.2) is 24.3 Å². The molecule has 0 amide bonds. The molecular formula is C8H6NOS. The average molecular weight is 164 g/mol. The highest BCUT2D eigenvalue weighted by atomic mass is 32.1. The molecule has 0 fully saturated rings. The summed E-state index contributed by atoms with van der Waals surface area (Å²) in [5.41, 5.74) is 0.931. The van der Waals surface area contributed by atoms with Crippen molar-refractivity contribution in [1.29, 1.82) is 0 Å². The zero-order valence-corrected chi connectivity index (χ0v) is 6.52. The van der Waals surface area contributed by atoms with Gasteiger partial charge in [0, 0.05) is 0 Å². The fourth-order valence-electron chi connectivity index (χ4n) is 0.952. The van der Waals surface area contributed by atoms with Crippen LogP contribution in [0, 0.1) is 6.61 Å². The van der Waals surface area contributed by atoms with Gasteiger partial charge in [-0.2, -0.15) is 0 Å². The summed E-state index contributed by atoms with van der Waals surface area (Å²) in [6, 6.07) is 7.67. The van der Waals surface area contributed by atoms with Gasteiger partial charge >= 0.3 is 0 Å². The first-order chi connectivity index (χ1) is 5.36. The van der Waals surface area contributed by atoms with Crippen LogP contribution in [-0.2, 0) is 0 Å². The Hall–Kier alpha value is -1.09. The Morgan fingerprint density at radius 2 is 2.09 bits per heavy atom. The van der Waals surface area contributed by atoms with Gasteiger partial charge in [-0.15, -0.1) is 0 Å². The summed E-state index contributed by atoms with van der Waals surface area (Å²) in [7, 11) is 0. The average Bonchev–Trinajstić information content (AvgIpc) is 2.04. The van der Waals surface area contributed by atoms with Gasteiger partial charge < -0.3 is 10.1 Å². The van der Waals surface area contributed by atoms with Crippen molar-refractivity contribution in [2.24, 2.45) is 0 Å². The minimum atomic E-state index is 0.615. The van der Waals surface area contributed by atoms with Crippen molar-refractivity contribution in [3.63, 3.8) is 0 Å². The Kier molecular flexibility index (Phi) is 1.51. The quantitative estimate of drug-likeness (QED) is 0.592. The second kappa shape index (κ2) is 2.51. The highest BCUT2D eigenvalue weighted by Crippen LogP contribution is 2.27. The zero-order chi connectivity index (χ0) is 7.68. The molecule has 0 atom stereocenters. The van der Waals surface area contributed by atoms with Crippen LogP contribution in [0.1, 0.15) is 0 Å². The molecular weight excluding hydrogens is 158 g/mol. The van der Waals surface area contributed by atoms with Crippen molar-refractivity contribution >= 4 is 22.9 Å². The lowest BCUT2D eigenvalue weighted by Gasteiger charge is -2.17. The first kappa shape index (κ1) is 6.61. The molecule has 1 N–H and O–H groups in total. The highest BCUT2D eigenvalue weighted by Gasteiger charge is 2.11. The molecule has 1 aromatic rings. The van der Waals surface area contributed by atoms with Crippen LogP contribution < -0.4 is 10.1 Å². The lowest BCUT2D eigenvalue weighted by Crippen LogP contribution is -2.18. The number of hydrogen-bond acceptors (Lipinski definition) is 2. The van der Waals surface area contributed by atoms with Gasteiger partial charge in [0.15, 0.2) is 6.61 Å². The molecule has 1 heterocycles. The second-order valence-corrected chi connectivity index (χ2v) is 2.66. The van der Waals surface area contributed by atoms with Crippen molar-refractivity contribution in [1.82, 2.24) is 0 Å². The van der Waals surface area contributed by atoms with E-state index in [1.807, 2.05) is 24.3 Å². The van der Waals surface area contributed by atoms with Crippen LogP contribution in [0.5, 0.6) is 5.75 Å². The Balaban J connectivity index is 2.41. The maximum Gasteiger partial charge on any atom is 0.192 e. The molecule has 3 heteroatoms. The third kappa shape index (κ3) is 1.19. The lowest BCUT2D eigenvalue weighted by atomic mass is 10.2. The SMILES string of the molecule is S=C1[CH]Oc2ccccc2N1. The summed E-state index contributed by atoms with van der Waals surface area (Å²) >= 11 is 4.89. The molecule has 1 aliphatic heterocycles. The molecule has 1 aliphatic rings. The third-order valence-electron chi connectivity index (χ3n) is 1.44. The Morgan fingerprint density at radius 3 is 3.00 bits per heavy atom. The molecule has 0 unspecified atom stereocenters. The molecule has 55 valence electrons. The number of benzene rings is 1. The van der Waals surface area contributed by atoms with Crippen LogP contribution in [0.25, 0.3) is 0 Å². The van der Waals surface area contributed by atoms with E-state index in [1.165, 1.54) is 6.61 Å². The summed E-state index contributed by atoms with van der Waals surface area (Å²) in [5.74, 6) is 0.820. The molecule has 0 bridgehead atoms. The van der Waals surface area contributed by atoms with E-state index in [1.54, 1.807) is 0 Å². The van der Waals surface area contributed by atoms with Gasteiger partial charge in [-0.05, 0) is 12.1 Å². The molecule has 0 saturated carbocycles. The molecule has 11 heavy (non-hydrogen) atoms. The van der Waals surface area contributed by atoms with E-state index < -0.39 is 0 Å². The van der Waals surface area contributed by atoms with Crippen molar-refractivity contribution in [3.8, 4) is 5.75 Å². The predicted octanol–water partition coefficient (Wildman–Crippen LogP) is 1.98. The number of anilines is 1. The number of para-hydroxylation sites is 2. The molecule has 2 rings (SSSR count). The topological polar surface area (TPSA) is 21.3 Å². The van der Waals surface area contributed by atoms with E-state index in [2.05, 4.69) is 5.32 Å². The van der Waals surface area contributed by atoms with Gasteiger partial charge in [-0.25, -0.2) is 0 Å². The number of rotatable bonds is 0. The lowest BCUT2D eigenvalue weighted by molar-refractivity contribution is 0.443. The van der Waals surface area contributed by atoms with Crippen LogP contribution in [0.4, 0.5) is 5.69 Å². The smallest absolute Gasteiger partial charge is 0.192 e. The van der Waals surface area contributed by atoms with Gasteiger partial charge in [0.25, 0.3) is 0 Å². The standard InChI is InChI=1S/C8H6NOS/c11-8-5-10-7-4-2-1-3-6(7)9-8/h1-5H,(H,9,11). The van der Waals surface area contributed by atoms with E-state index in [9.17, 15) is 0 Å². The first-order valence-electron chi connectivity index (χ1n) is 3.26. The monoisotopic (exact) mass is 164 g/mol. The summed E-state index contributed by atoms with van der Waals surface area (Å²) < 4.78 is 5.21. The molecule has 1 radical (unpaired) electrons. The number of hydrogen-bond donors (Lipinski definition) is 1. The normalized spacial score (nSPS) is 14.7. The van der Waals surface area contributed by atoms with Crippen LogP contribution in [0.3, 0.4) is 0 Å². The molecule has 0 spiro atoms. The Morgan fingerprint density at radius 1 is 1.27 bits per heavy atom. The van der Waals surface area contributed by atoms with Crippen LogP contribution >= 0.6 is 12.2 Å². The minimum Gasteiger partial charge on any atom is -0.477 e. The van der Waals surface area contributed by atoms with E-state index >= 15 is 0 Å². The predicted molar refractivity (Wildman–Crippen MR) is 47.6 cm³/mol. The molecule has 0 aliphatic carbocycles. The minimum absolute atomic E-state index is 0.615. The molecule has 2 nitrogen and oxygen atoms in total. The number of thiocarbonyl (C=S) groups is 1. The van der Waals surface area contributed by atoms with Crippen molar-refractivity contribution in [2.75, 3.05) is 5.32 Å². The number of fused-ring (bicyclic) bond motifs is 1. The van der Waals surface area contributed by atoms with Crippen LogP contribution in [0.2, 0.25) is 0 Å². The summed E-state index contributed by atoms with van der Waals surface area (Å²) in [6.07, 6.45) is 0. The second-order valence-electron chi connectivity index (χ2n) is 2.22. The fraction of sp³-hybridized carbons (Fsp3) is 0. The summed E-state index contributed by atoms with van der Waals surface area (Å²) in [6.45, 7) is 1.53. The number of ether oxygens (including phenoxy) is 1. The third-order valence-corrected chi connectivity index (χ3v) is 1.64. The number of nitrogens with one attached hydrogen (secondary N) is 1. The van der Waals surface area contributed by atoms with Crippen LogP contribution in [-0.4, -0.2) is 4.99 Å². The van der Waals surface area contributed by atoms with Gasteiger partial charge in [-0.1, -0.05) is 24.4 Å². The Labute approximate surface area is 70.2 Å². The molecule has 0 saturated heterocycles. The Bertz CT molecular complexity index is 298. The largest absolute Gasteiger partial charge is 0.477 e. The first-order valence-corrected chi connectivity index (χ1v) is 3.67. The summed E-state index contributed by atoms with van der Waals surface area (Å²) in [5, 5.41) is 3.01. The van der Waals surface area contributed by atoms with Crippen molar-refractivity contribution in [2.45, 2.75) is 0 Å². The molecule has 0 aromatic heterocycles. The maximum absolute atomic E-state index is 5.21. The van der Waals surface area contributed by atoms with Gasteiger partial charge in [0.1, 0.15) is 10.7 Å². The van der Waals surface area contributed by atoms with E-state index in [0.29, 0.717) is 4.99 Å². The van der Waals surface area contributed by atoms with E-state index in [-0.39, 0.29) is 0 Å². The van der Waals surface area contributed by atoms with Crippen molar-refractivity contribution < 1.29 is 4.74 Å². The van der Waals surface area contributed by atoms with Gasteiger partial charge in [-0.3, -0.25) is 0 Å². The maximum atomic E-state index is 5.21. The zero-order valence-electron chi connectivity index (χ0n) is 5.70. The van der Waals surface area contributed by atoms with Gasteiger partial charge in [0.05, 0.1) is 5.69 Å². The molecule has 1 aromatic carbocycles.